The number of methoxy groups -OCH3 is 1. The fourth-order valence-electron chi connectivity index (χ4n) is 2.98. The van der Waals surface area contributed by atoms with Gasteiger partial charge in [0.25, 0.3) is 0 Å². The number of halogens is 1. The number of benzene rings is 4. The Kier molecular flexibility index (Phi) is 4.32. The van der Waals surface area contributed by atoms with Crippen LogP contribution in [0.3, 0.4) is 0 Å². The summed E-state index contributed by atoms with van der Waals surface area (Å²) in [5.74, 6) is 0.658. The van der Waals surface area contributed by atoms with Gasteiger partial charge in [-0.3, -0.25) is 0 Å². The van der Waals surface area contributed by atoms with E-state index in [-0.39, 0.29) is 5.75 Å². The summed E-state index contributed by atoms with van der Waals surface area (Å²) in [6, 6.07) is 22.5. The Morgan fingerprint density at radius 2 is 1.68 bits per heavy atom. The quantitative estimate of drug-likeness (QED) is 0.411. The summed E-state index contributed by atoms with van der Waals surface area (Å²) < 4.78 is 6.38. The summed E-state index contributed by atoms with van der Waals surface area (Å²) in [7, 11) is 1.58. The zero-order valence-electron chi connectivity index (χ0n) is 13.5. The summed E-state index contributed by atoms with van der Waals surface area (Å²) >= 11 is 5.17. The predicted molar refractivity (Wildman–Crippen MR) is 108 cm³/mol. The highest BCUT2D eigenvalue weighted by atomic mass is 79.9. The van der Waals surface area contributed by atoms with Crippen LogP contribution in [0.15, 0.2) is 81.0 Å². The van der Waals surface area contributed by atoms with E-state index >= 15 is 0 Å². The Hall–Kier alpha value is -2.17. The van der Waals surface area contributed by atoms with Gasteiger partial charge in [-0.1, -0.05) is 58.0 Å². The number of phenolic OH excluding ortho intramolecular Hbond substituents is 1. The first kappa shape index (κ1) is 16.3. The van der Waals surface area contributed by atoms with Crippen LogP contribution >= 0.6 is 27.7 Å². The van der Waals surface area contributed by atoms with E-state index in [0.29, 0.717) is 5.75 Å². The van der Waals surface area contributed by atoms with Crippen molar-refractivity contribution in [2.24, 2.45) is 0 Å². The van der Waals surface area contributed by atoms with E-state index in [9.17, 15) is 5.11 Å². The molecule has 4 aromatic rings. The maximum absolute atomic E-state index is 10.4. The van der Waals surface area contributed by atoms with Crippen LogP contribution in [0.5, 0.6) is 11.5 Å². The van der Waals surface area contributed by atoms with Gasteiger partial charge in [0, 0.05) is 25.0 Å². The monoisotopic (exact) mass is 410 g/mol. The average molecular weight is 411 g/mol. The molecule has 0 spiro atoms. The first-order valence-corrected chi connectivity index (χ1v) is 9.42. The summed E-state index contributed by atoms with van der Waals surface area (Å²) in [4.78, 5) is 2.12. The molecule has 0 bridgehead atoms. The molecule has 0 fully saturated rings. The fraction of sp³-hybridized carbons (Fsp3) is 0.0476. The third-order valence-corrected chi connectivity index (χ3v) is 5.69. The zero-order valence-corrected chi connectivity index (χ0v) is 15.9. The molecule has 4 rings (SSSR count). The van der Waals surface area contributed by atoms with Gasteiger partial charge in [-0.2, -0.15) is 0 Å². The van der Waals surface area contributed by atoms with Crippen LogP contribution < -0.4 is 4.74 Å². The summed E-state index contributed by atoms with van der Waals surface area (Å²) in [5.41, 5.74) is 0. The van der Waals surface area contributed by atoms with Gasteiger partial charge in [0.15, 0.2) is 11.5 Å². The highest BCUT2D eigenvalue weighted by Gasteiger charge is 2.14. The van der Waals surface area contributed by atoms with E-state index in [0.717, 1.165) is 25.0 Å². The average Bonchev–Trinajstić information content (AvgIpc) is 2.62. The van der Waals surface area contributed by atoms with Crippen LogP contribution in [-0.4, -0.2) is 12.2 Å². The number of aromatic hydroxyl groups is 1. The molecular weight excluding hydrogens is 396 g/mol. The van der Waals surface area contributed by atoms with E-state index < -0.39 is 0 Å². The van der Waals surface area contributed by atoms with Gasteiger partial charge in [-0.25, -0.2) is 0 Å². The van der Waals surface area contributed by atoms with Crippen LogP contribution in [0.1, 0.15) is 0 Å². The molecule has 2 nitrogen and oxygen atoms in total. The first-order valence-electron chi connectivity index (χ1n) is 7.81. The highest BCUT2D eigenvalue weighted by Crippen LogP contribution is 2.44. The van der Waals surface area contributed by atoms with Gasteiger partial charge in [0.1, 0.15) is 0 Å². The second-order valence-electron chi connectivity index (χ2n) is 5.73. The number of hydrogen-bond donors (Lipinski definition) is 1. The molecule has 0 aromatic heterocycles. The van der Waals surface area contributed by atoms with E-state index in [4.69, 9.17) is 4.74 Å². The molecule has 1 N–H and O–H groups in total. The van der Waals surface area contributed by atoms with Gasteiger partial charge in [0.2, 0.25) is 0 Å². The molecule has 0 saturated carbocycles. The molecule has 25 heavy (non-hydrogen) atoms. The lowest BCUT2D eigenvalue weighted by Crippen LogP contribution is -1.88. The normalized spacial score (nSPS) is 11.1. The van der Waals surface area contributed by atoms with Crippen LogP contribution in [0.25, 0.3) is 21.5 Å². The second kappa shape index (κ2) is 6.62. The summed E-state index contributed by atoms with van der Waals surface area (Å²) in [5, 5.41) is 14.7. The van der Waals surface area contributed by atoms with Crippen LogP contribution in [0, 0.1) is 0 Å². The van der Waals surface area contributed by atoms with E-state index in [1.165, 1.54) is 10.8 Å². The van der Waals surface area contributed by atoms with Gasteiger partial charge < -0.3 is 9.84 Å². The van der Waals surface area contributed by atoms with E-state index in [1.807, 2.05) is 24.3 Å². The Morgan fingerprint density at radius 1 is 0.880 bits per heavy atom. The first-order chi connectivity index (χ1) is 12.2. The van der Waals surface area contributed by atoms with Crippen LogP contribution in [0.4, 0.5) is 0 Å². The summed E-state index contributed by atoms with van der Waals surface area (Å²) in [6.07, 6.45) is 0. The molecule has 0 aliphatic rings. The molecule has 4 aromatic carbocycles. The summed E-state index contributed by atoms with van der Waals surface area (Å²) in [6.45, 7) is 0. The van der Waals surface area contributed by atoms with Crippen molar-refractivity contribution in [2.45, 2.75) is 9.79 Å². The molecular formula is C21H15BrO2S. The van der Waals surface area contributed by atoms with Crippen molar-refractivity contribution in [3.8, 4) is 11.5 Å². The minimum absolute atomic E-state index is 0.153. The van der Waals surface area contributed by atoms with Crippen molar-refractivity contribution < 1.29 is 9.84 Å². The molecule has 0 amide bonds. The molecule has 0 aliphatic carbocycles. The molecule has 0 aliphatic heterocycles. The number of fused-ring (bicyclic) bond motifs is 2. The van der Waals surface area contributed by atoms with Gasteiger partial charge in [0.05, 0.1) is 7.11 Å². The van der Waals surface area contributed by atoms with Crippen LogP contribution in [-0.2, 0) is 0 Å². The maximum atomic E-state index is 10.4. The molecule has 124 valence electrons. The molecule has 0 unspecified atom stereocenters. The van der Waals surface area contributed by atoms with Crippen molar-refractivity contribution in [1.82, 2.24) is 0 Å². The van der Waals surface area contributed by atoms with Crippen molar-refractivity contribution in [3.05, 3.63) is 71.2 Å². The molecule has 0 radical (unpaired) electrons. The standard InChI is InChI=1S/C21H15BrO2S/c1-24-21-17-9-7-15(22)11-18(17)20(12-19(21)23)25-16-8-6-13-4-2-3-5-14(13)10-16/h2-12,23H,1H3. The molecule has 0 atom stereocenters. The minimum Gasteiger partial charge on any atom is -0.504 e. The Labute approximate surface area is 158 Å². The van der Waals surface area contributed by atoms with Gasteiger partial charge >= 0.3 is 0 Å². The Bertz CT molecular complexity index is 1090. The number of ether oxygens (including phenoxy) is 1. The number of rotatable bonds is 3. The van der Waals surface area contributed by atoms with Crippen molar-refractivity contribution in [1.29, 1.82) is 0 Å². The van der Waals surface area contributed by atoms with E-state index in [2.05, 4.69) is 52.3 Å². The van der Waals surface area contributed by atoms with E-state index in [1.54, 1.807) is 24.9 Å². The third kappa shape index (κ3) is 3.08. The topological polar surface area (TPSA) is 29.5 Å². The van der Waals surface area contributed by atoms with Gasteiger partial charge in [-0.05, 0) is 47.2 Å². The minimum atomic E-state index is 0.153. The van der Waals surface area contributed by atoms with Gasteiger partial charge in [-0.15, -0.1) is 0 Å². The van der Waals surface area contributed by atoms with Crippen LogP contribution in [0.2, 0.25) is 0 Å². The Morgan fingerprint density at radius 3 is 2.48 bits per heavy atom. The largest absolute Gasteiger partial charge is 0.504 e. The van der Waals surface area contributed by atoms with Crippen molar-refractivity contribution in [2.75, 3.05) is 7.11 Å². The molecule has 0 heterocycles. The second-order valence-corrected chi connectivity index (χ2v) is 7.76. The molecule has 4 heteroatoms. The lowest BCUT2D eigenvalue weighted by molar-refractivity contribution is 0.377. The third-order valence-electron chi connectivity index (χ3n) is 4.15. The highest BCUT2D eigenvalue weighted by molar-refractivity contribution is 9.10. The number of hydrogen-bond acceptors (Lipinski definition) is 3. The zero-order chi connectivity index (χ0) is 17.4. The molecule has 0 saturated heterocycles. The predicted octanol–water partition coefficient (Wildman–Crippen LogP) is 6.62. The fourth-order valence-corrected chi connectivity index (χ4v) is 4.37. The SMILES string of the molecule is COc1c(O)cc(Sc2ccc3ccccc3c2)c2cc(Br)ccc12. The lowest BCUT2D eigenvalue weighted by Gasteiger charge is -2.13. The van der Waals surface area contributed by atoms with Crippen molar-refractivity contribution >= 4 is 49.2 Å². The van der Waals surface area contributed by atoms with Crippen molar-refractivity contribution in [3.63, 3.8) is 0 Å². The number of phenols is 1. The smallest absolute Gasteiger partial charge is 0.168 e. The maximum Gasteiger partial charge on any atom is 0.168 e. The Balaban J connectivity index is 1.86. The lowest BCUT2D eigenvalue weighted by atomic mass is 10.1.